The summed E-state index contributed by atoms with van der Waals surface area (Å²) in [6.45, 7) is 0. The zero-order chi connectivity index (χ0) is 14.9. The topological polar surface area (TPSA) is 33.1 Å². The number of rotatable bonds is 2. The fraction of sp³-hybridized carbons (Fsp3) is 0.235. The fourth-order valence-electron chi connectivity index (χ4n) is 2.54. The Morgan fingerprint density at radius 2 is 1.86 bits per heavy atom. The van der Waals surface area contributed by atoms with E-state index in [2.05, 4.69) is 17.1 Å². The highest BCUT2D eigenvalue weighted by atomic mass is 32.2. The molecule has 2 heterocycles. The van der Waals surface area contributed by atoms with Gasteiger partial charge >= 0.3 is 0 Å². The van der Waals surface area contributed by atoms with E-state index in [1.165, 1.54) is 23.5 Å². The molecule has 0 atom stereocenters. The van der Waals surface area contributed by atoms with E-state index < -0.39 is 0 Å². The van der Waals surface area contributed by atoms with Crippen LogP contribution in [-0.2, 0) is 0 Å². The average molecular weight is 346 g/mol. The van der Waals surface area contributed by atoms with Crippen LogP contribution < -0.4 is 0 Å². The molecule has 0 amide bonds. The lowest BCUT2D eigenvalue weighted by atomic mass is 10.1. The number of thioether (sulfide) groups is 2. The van der Waals surface area contributed by atoms with E-state index in [9.17, 15) is 5.11 Å². The maximum Gasteiger partial charge on any atom is 0.128 e. The monoisotopic (exact) mass is 345 g/mol. The van der Waals surface area contributed by atoms with Crippen molar-refractivity contribution in [3.05, 3.63) is 48.0 Å². The van der Waals surface area contributed by atoms with Crippen molar-refractivity contribution < 1.29 is 5.11 Å². The van der Waals surface area contributed by atoms with Crippen LogP contribution in [0.2, 0.25) is 0 Å². The average Bonchev–Trinajstić information content (AvgIpc) is 3.00. The molecule has 1 aliphatic heterocycles. The van der Waals surface area contributed by atoms with Gasteiger partial charge in [-0.3, -0.25) is 0 Å². The molecule has 1 fully saturated rings. The van der Waals surface area contributed by atoms with E-state index in [4.69, 9.17) is 0 Å². The van der Waals surface area contributed by atoms with Gasteiger partial charge in [0.15, 0.2) is 0 Å². The summed E-state index contributed by atoms with van der Waals surface area (Å²) in [4.78, 5) is 4.67. The maximum atomic E-state index is 10.3. The van der Waals surface area contributed by atoms with Crippen molar-refractivity contribution in [2.45, 2.75) is 11.0 Å². The number of thiazole rings is 1. The van der Waals surface area contributed by atoms with Gasteiger partial charge in [0.25, 0.3) is 0 Å². The molecule has 0 radical (unpaired) electrons. The third kappa shape index (κ3) is 2.73. The summed E-state index contributed by atoms with van der Waals surface area (Å²) in [5.74, 6) is 2.75. The SMILES string of the molecule is Oc1ccc(C2SCCCS2)cc1-c1nc2ccccc2s1. The van der Waals surface area contributed by atoms with Gasteiger partial charge in [0.05, 0.1) is 20.4 Å². The van der Waals surface area contributed by atoms with Crippen LogP contribution >= 0.6 is 34.9 Å². The molecule has 2 aromatic carbocycles. The Morgan fingerprint density at radius 1 is 1.05 bits per heavy atom. The fourth-order valence-corrected chi connectivity index (χ4v) is 6.40. The highest BCUT2D eigenvalue weighted by Crippen LogP contribution is 2.46. The van der Waals surface area contributed by atoms with Crippen LogP contribution in [0.1, 0.15) is 16.6 Å². The number of aromatic hydroxyl groups is 1. The van der Waals surface area contributed by atoms with E-state index in [1.807, 2.05) is 53.9 Å². The molecule has 4 rings (SSSR count). The van der Waals surface area contributed by atoms with Crippen molar-refractivity contribution in [2.24, 2.45) is 0 Å². The predicted octanol–water partition coefficient (Wildman–Crippen LogP) is 5.54. The van der Waals surface area contributed by atoms with Crippen molar-refractivity contribution in [3.8, 4) is 16.3 Å². The molecule has 1 aromatic heterocycles. The number of phenolic OH excluding ortho intramolecular Hbond substituents is 1. The van der Waals surface area contributed by atoms with Gasteiger partial charge in [-0.1, -0.05) is 18.2 Å². The molecule has 1 saturated heterocycles. The number of aromatic nitrogens is 1. The first-order chi connectivity index (χ1) is 10.8. The Hall–Kier alpha value is -1.17. The molecule has 112 valence electrons. The first-order valence-corrected chi connectivity index (χ1v) is 10.1. The lowest BCUT2D eigenvalue weighted by Crippen LogP contribution is -2.00. The zero-order valence-electron chi connectivity index (χ0n) is 11.9. The second kappa shape index (κ2) is 6.14. The minimum Gasteiger partial charge on any atom is -0.507 e. The highest BCUT2D eigenvalue weighted by molar-refractivity contribution is 8.16. The third-order valence-electron chi connectivity index (χ3n) is 3.64. The quantitative estimate of drug-likeness (QED) is 0.661. The summed E-state index contributed by atoms with van der Waals surface area (Å²) in [6, 6.07) is 14.1. The van der Waals surface area contributed by atoms with E-state index >= 15 is 0 Å². The number of para-hydroxylation sites is 1. The molecule has 0 unspecified atom stereocenters. The van der Waals surface area contributed by atoms with Crippen molar-refractivity contribution in [3.63, 3.8) is 0 Å². The minimum absolute atomic E-state index is 0.314. The van der Waals surface area contributed by atoms with Crippen LogP contribution in [-0.4, -0.2) is 21.6 Å². The summed E-state index contributed by atoms with van der Waals surface area (Å²) >= 11 is 5.63. The predicted molar refractivity (Wildman–Crippen MR) is 99.0 cm³/mol. The number of benzene rings is 2. The molecular formula is C17H15NOS3. The molecule has 0 saturated carbocycles. The molecule has 3 aromatic rings. The summed E-state index contributed by atoms with van der Waals surface area (Å²) in [6.07, 6.45) is 1.29. The van der Waals surface area contributed by atoms with Gasteiger partial charge in [-0.15, -0.1) is 34.9 Å². The second-order valence-corrected chi connectivity index (χ2v) is 8.95. The first kappa shape index (κ1) is 14.4. The number of nitrogens with zero attached hydrogens (tertiary/aromatic N) is 1. The Bertz CT molecular complexity index is 776. The van der Waals surface area contributed by atoms with Gasteiger partial charge in [0, 0.05) is 0 Å². The van der Waals surface area contributed by atoms with E-state index in [1.54, 1.807) is 11.3 Å². The zero-order valence-corrected chi connectivity index (χ0v) is 14.3. The normalized spacial score (nSPS) is 16.2. The van der Waals surface area contributed by atoms with Gasteiger partial charge in [-0.2, -0.15) is 0 Å². The molecule has 22 heavy (non-hydrogen) atoms. The van der Waals surface area contributed by atoms with Gasteiger partial charge in [-0.05, 0) is 47.8 Å². The van der Waals surface area contributed by atoms with Crippen LogP contribution in [0.5, 0.6) is 5.75 Å². The molecule has 0 bridgehead atoms. The van der Waals surface area contributed by atoms with Crippen LogP contribution in [0, 0.1) is 0 Å². The summed E-state index contributed by atoms with van der Waals surface area (Å²) in [7, 11) is 0. The largest absolute Gasteiger partial charge is 0.507 e. The minimum atomic E-state index is 0.314. The summed E-state index contributed by atoms with van der Waals surface area (Å²) < 4.78 is 1.63. The number of hydrogen-bond donors (Lipinski definition) is 1. The van der Waals surface area contributed by atoms with Crippen LogP contribution in [0.15, 0.2) is 42.5 Å². The van der Waals surface area contributed by atoms with Crippen LogP contribution in [0.25, 0.3) is 20.8 Å². The lowest BCUT2D eigenvalue weighted by molar-refractivity contribution is 0.477. The first-order valence-electron chi connectivity index (χ1n) is 7.23. The smallest absolute Gasteiger partial charge is 0.128 e. The summed E-state index contributed by atoms with van der Waals surface area (Å²) in [5, 5.41) is 11.2. The van der Waals surface area contributed by atoms with E-state index in [-0.39, 0.29) is 0 Å². The standard InChI is InChI=1S/C17H15NOS3/c19-14-7-6-11(17-20-8-3-9-21-17)10-12(14)16-18-13-4-1-2-5-15(13)22-16/h1-2,4-7,10,17,19H,3,8-9H2. The number of phenols is 1. The van der Waals surface area contributed by atoms with Gasteiger partial charge in [0.2, 0.25) is 0 Å². The van der Waals surface area contributed by atoms with Crippen molar-refractivity contribution in [1.82, 2.24) is 4.98 Å². The third-order valence-corrected chi connectivity index (χ3v) is 7.73. The Labute approximate surface area is 142 Å². The van der Waals surface area contributed by atoms with Crippen molar-refractivity contribution >= 4 is 45.1 Å². The number of hydrogen-bond acceptors (Lipinski definition) is 5. The molecular weight excluding hydrogens is 330 g/mol. The molecule has 5 heteroatoms. The van der Waals surface area contributed by atoms with E-state index in [0.717, 1.165) is 20.8 Å². The maximum absolute atomic E-state index is 10.3. The summed E-state index contributed by atoms with van der Waals surface area (Å²) in [5.41, 5.74) is 3.13. The molecule has 0 aliphatic carbocycles. The molecule has 0 spiro atoms. The van der Waals surface area contributed by atoms with Crippen LogP contribution in [0.3, 0.4) is 0 Å². The van der Waals surface area contributed by atoms with Crippen molar-refractivity contribution in [1.29, 1.82) is 0 Å². The Balaban J connectivity index is 1.76. The Kier molecular flexibility index (Phi) is 4.03. The van der Waals surface area contributed by atoms with Gasteiger partial charge < -0.3 is 5.11 Å². The van der Waals surface area contributed by atoms with Crippen LogP contribution in [0.4, 0.5) is 0 Å². The van der Waals surface area contributed by atoms with Crippen molar-refractivity contribution in [2.75, 3.05) is 11.5 Å². The second-order valence-electron chi connectivity index (χ2n) is 5.19. The van der Waals surface area contributed by atoms with Gasteiger partial charge in [-0.25, -0.2) is 4.98 Å². The highest BCUT2D eigenvalue weighted by Gasteiger charge is 2.19. The molecule has 2 nitrogen and oxygen atoms in total. The lowest BCUT2D eigenvalue weighted by Gasteiger charge is -2.21. The number of fused-ring (bicyclic) bond motifs is 1. The van der Waals surface area contributed by atoms with E-state index in [0.29, 0.717) is 10.3 Å². The molecule has 1 aliphatic rings. The van der Waals surface area contributed by atoms with Gasteiger partial charge in [0.1, 0.15) is 10.8 Å². The Morgan fingerprint density at radius 3 is 2.68 bits per heavy atom. The molecule has 1 N–H and O–H groups in total.